The average molecular weight is 443 g/mol. The number of fused-ring (bicyclic) bond motifs is 2. The Kier molecular flexibility index (Phi) is 6.37. The lowest BCUT2D eigenvalue weighted by Crippen LogP contribution is -2.40. The lowest BCUT2D eigenvalue weighted by molar-refractivity contribution is -0.122. The number of para-hydroxylation sites is 1. The van der Waals surface area contributed by atoms with Crippen molar-refractivity contribution in [3.05, 3.63) is 48.3 Å². The second-order valence-corrected chi connectivity index (χ2v) is 8.44. The molecule has 0 unspecified atom stereocenters. The van der Waals surface area contributed by atoms with E-state index >= 15 is 0 Å². The molecule has 1 fully saturated rings. The van der Waals surface area contributed by atoms with Crippen molar-refractivity contribution in [2.45, 2.75) is 29.9 Å². The highest BCUT2D eigenvalue weighted by Crippen LogP contribution is 2.35. The van der Waals surface area contributed by atoms with Gasteiger partial charge in [-0.3, -0.25) is 14.2 Å². The third-order valence-electron chi connectivity index (χ3n) is 4.79. The molecule has 3 heterocycles. The van der Waals surface area contributed by atoms with Crippen molar-refractivity contribution in [1.29, 1.82) is 0 Å². The van der Waals surface area contributed by atoms with Crippen molar-refractivity contribution in [1.82, 2.24) is 14.2 Å². The molecule has 1 aromatic carbocycles. The molecule has 2 atom stereocenters. The largest absolute Gasteiger partial charge is 0.490 e. The van der Waals surface area contributed by atoms with Gasteiger partial charge in [0.2, 0.25) is 10.0 Å². The highest BCUT2D eigenvalue weighted by atomic mass is 32.2. The average Bonchev–Trinajstić information content (AvgIpc) is 3.33. The summed E-state index contributed by atoms with van der Waals surface area (Å²) in [4.78, 5) is 20.8. The minimum atomic E-state index is -3.77. The van der Waals surface area contributed by atoms with Crippen LogP contribution in [0, 0.1) is 0 Å². The number of hydrogen-bond donors (Lipinski definition) is 2. The van der Waals surface area contributed by atoms with Crippen LogP contribution in [0.15, 0.2) is 47.5 Å². The molecule has 30 heavy (non-hydrogen) atoms. The first-order valence-corrected chi connectivity index (χ1v) is 10.3. The molecule has 1 amide bonds. The number of alkyl halides is 2. The zero-order valence-corrected chi connectivity index (χ0v) is 16.3. The predicted octanol–water partition coefficient (Wildman–Crippen LogP) is 1.54. The van der Waals surface area contributed by atoms with Crippen LogP contribution in [0.1, 0.15) is 23.5 Å². The molecule has 0 bridgehead atoms. The number of sulfonamides is 1. The zero-order valence-electron chi connectivity index (χ0n) is 15.5. The van der Waals surface area contributed by atoms with Gasteiger partial charge in [0.1, 0.15) is 22.9 Å². The van der Waals surface area contributed by atoms with Gasteiger partial charge in [0.15, 0.2) is 0 Å². The molecule has 0 saturated carbocycles. The van der Waals surface area contributed by atoms with E-state index in [1.54, 1.807) is 18.2 Å². The van der Waals surface area contributed by atoms with Gasteiger partial charge < -0.3 is 15.2 Å². The molecule has 12 heteroatoms. The van der Waals surface area contributed by atoms with Gasteiger partial charge in [0, 0.05) is 18.8 Å². The first-order chi connectivity index (χ1) is 14.3. The number of rotatable bonds is 3. The van der Waals surface area contributed by atoms with E-state index in [9.17, 15) is 22.0 Å². The summed E-state index contributed by atoms with van der Waals surface area (Å²) in [6.07, 6.45) is 1.46. The minimum Gasteiger partial charge on any atom is -0.490 e. The maximum atomic E-state index is 12.9. The Bertz CT molecular complexity index is 1030. The van der Waals surface area contributed by atoms with Crippen molar-refractivity contribution in [2.24, 2.45) is 0 Å². The van der Waals surface area contributed by atoms with E-state index in [1.807, 2.05) is 0 Å². The molecule has 0 radical (unpaired) electrons. The molecule has 4 rings (SSSR count). The molecular formula is C18H19F2N3O6S. The fourth-order valence-electron chi connectivity index (χ4n) is 3.55. The first kappa shape index (κ1) is 21.7. The van der Waals surface area contributed by atoms with Crippen molar-refractivity contribution >= 4 is 22.4 Å². The number of nitrogens with zero attached hydrogens (tertiary/aromatic N) is 2. The van der Waals surface area contributed by atoms with Crippen molar-refractivity contribution in [2.75, 3.05) is 13.2 Å². The second-order valence-electron chi connectivity index (χ2n) is 6.58. The molecule has 2 aliphatic heterocycles. The minimum absolute atomic E-state index is 0.0613. The number of carbonyl (C=O) groups is 2. The summed E-state index contributed by atoms with van der Waals surface area (Å²) in [6, 6.07) is 8.13. The van der Waals surface area contributed by atoms with Crippen LogP contribution in [0.25, 0.3) is 0 Å². The number of ether oxygens (including phenoxy) is 1. The topological polar surface area (TPSA) is 118 Å². The van der Waals surface area contributed by atoms with Crippen LogP contribution in [-0.2, 0) is 14.8 Å². The van der Waals surface area contributed by atoms with Gasteiger partial charge in [-0.2, -0.15) is 13.1 Å². The summed E-state index contributed by atoms with van der Waals surface area (Å²) < 4.78 is 59.3. The van der Waals surface area contributed by atoms with Crippen LogP contribution in [0.3, 0.4) is 0 Å². The highest BCUT2D eigenvalue weighted by molar-refractivity contribution is 7.89. The number of aromatic nitrogens is 1. The second kappa shape index (κ2) is 8.79. The molecule has 0 spiro atoms. The number of halogens is 2. The maximum Gasteiger partial charge on any atom is 0.319 e. The number of carbonyl (C=O) groups excluding carboxylic acids is 1. The van der Waals surface area contributed by atoms with E-state index in [-0.39, 0.29) is 30.2 Å². The van der Waals surface area contributed by atoms with Crippen LogP contribution in [-0.4, -0.2) is 60.0 Å². The quantitative estimate of drug-likeness (QED) is 0.695. The van der Waals surface area contributed by atoms with E-state index in [2.05, 4.69) is 5.32 Å². The van der Waals surface area contributed by atoms with Gasteiger partial charge in [-0.15, -0.1) is 0 Å². The molecule has 2 aromatic rings. The van der Waals surface area contributed by atoms with Gasteiger partial charge >= 0.3 is 6.55 Å². The number of hydrogen-bond acceptors (Lipinski definition) is 5. The fourth-order valence-corrected chi connectivity index (χ4v) is 5.35. The highest BCUT2D eigenvalue weighted by Gasteiger charge is 2.44. The van der Waals surface area contributed by atoms with Crippen LogP contribution in [0.2, 0.25) is 0 Å². The number of nitrogens with one attached hydrogen (secondary N) is 1. The molecule has 0 aliphatic carbocycles. The molecule has 9 nitrogen and oxygen atoms in total. The van der Waals surface area contributed by atoms with E-state index in [0.29, 0.717) is 16.7 Å². The van der Waals surface area contributed by atoms with Gasteiger partial charge in [-0.1, -0.05) is 12.1 Å². The number of carboxylic acid groups (broad SMARTS) is 1. The Hall–Kier alpha value is -2.99. The van der Waals surface area contributed by atoms with Crippen molar-refractivity contribution in [3.63, 3.8) is 0 Å². The van der Waals surface area contributed by atoms with E-state index in [1.165, 1.54) is 22.5 Å². The van der Waals surface area contributed by atoms with Crippen LogP contribution in [0.4, 0.5) is 8.78 Å². The summed E-state index contributed by atoms with van der Waals surface area (Å²) >= 11 is 0. The van der Waals surface area contributed by atoms with Crippen LogP contribution < -0.4 is 10.1 Å². The van der Waals surface area contributed by atoms with Crippen LogP contribution >= 0.6 is 0 Å². The summed E-state index contributed by atoms with van der Waals surface area (Å²) in [5, 5.41) is 9.55. The normalized spacial score (nSPS) is 22.0. The monoisotopic (exact) mass is 443 g/mol. The Labute approximate surface area is 170 Å². The van der Waals surface area contributed by atoms with E-state index in [4.69, 9.17) is 14.6 Å². The Morgan fingerprint density at radius 2 is 1.97 bits per heavy atom. The van der Waals surface area contributed by atoms with E-state index in [0.717, 1.165) is 6.20 Å². The third kappa shape index (κ3) is 4.14. The number of amides is 1. The van der Waals surface area contributed by atoms with Gasteiger partial charge in [-0.05, 0) is 30.7 Å². The van der Waals surface area contributed by atoms with Gasteiger partial charge in [0.05, 0.1) is 6.04 Å². The van der Waals surface area contributed by atoms with Crippen molar-refractivity contribution < 1.29 is 36.6 Å². The standard InChI is InChI=1S/C17H17F2N3O4S.CH2O2/c18-17(19)21-7-3-4-13(21)16(23)20-11-8-12-10-26-14-5-1-2-6-15(14)27(24,25)22(12)9-11;2-1-3/h1-7,11-12,17H,8-10H2,(H,20,23);1H,(H,2,3)/t11-,12-;/m0./s1. The molecule has 2 aliphatic rings. The van der Waals surface area contributed by atoms with Gasteiger partial charge in [0.25, 0.3) is 12.4 Å². The summed E-state index contributed by atoms with van der Waals surface area (Å²) in [6.45, 7) is -2.86. The smallest absolute Gasteiger partial charge is 0.319 e. The first-order valence-electron chi connectivity index (χ1n) is 8.87. The maximum absolute atomic E-state index is 12.9. The van der Waals surface area contributed by atoms with Crippen molar-refractivity contribution in [3.8, 4) is 5.75 Å². The Morgan fingerprint density at radius 3 is 2.67 bits per heavy atom. The SMILES string of the molecule is O=C(N[C@H]1C[C@H]2COc3ccccc3S(=O)(=O)N2C1)c1cccn1C(F)F.O=CO. The number of benzene rings is 1. The van der Waals surface area contributed by atoms with Gasteiger partial charge in [-0.25, -0.2) is 8.42 Å². The molecular weight excluding hydrogens is 424 g/mol. The molecule has 1 aromatic heterocycles. The van der Waals surface area contributed by atoms with Crippen LogP contribution in [0.5, 0.6) is 5.75 Å². The zero-order chi connectivity index (χ0) is 21.9. The molecule has 162 valence electrons. The van der Waals surface area contributed by atoms with E-state index < -0.39 is 34.6 Å². The lowest BCUT2D eigenvalue weighted by Gasteiger charge is -2.19. The molecule has 1 saturated heterocycles. The Morgan fingerprint density at radius 1 is 1.27 bits per heavy atom. The third-order valence-corrected chi connectivity index (χ3v) is 6.75. The molecule has 2 N–H and O–H groups in total. The summed E-state index contributed by atoms with van der Waals surface area (Å²) in [5.74, 6) is -0.357. The Balaban J connectivity index is 0.000000806. The summed E-state index contributed by atoms with van der Waals surface area (Å²) in [5.41, 5.74) is -0.170. The predicted molar refractivity (Wildman–Crippen MR) is 99.9 cm³/mol. The lowest BCUT2D eigenvalue weighted by atomic mass is 10.2. The fraction of sp³-hybridized carbons (Fsp3) is 0.333. The summed E-state index contributed by atoms with van der Waals surface area (Å²) in [7, 11) is -3.77.